The Hall–Kier alpha value is -2.62. The average molecular weight is 320 g/mol. The molecule has 2 aromatic carbocycles. The molecule has 1 aliphatic rings. The van der Waals surface area contributed by atoms with Gasteiger partial charge in [-0.05, 0) is 66.6 Å². The summed E-state index contributed by atoms with van der Waals surface area (Å²) in [4.78, 5) is 0. The summed E-state index contributed by atoms with van der Waals surface area (Å²) in [5.41, 5.74) is 5.52. The zero-order valence-corrected chi connectivity index (χ0v) is 13.2. The maximum Gasteiger partial charge on any atom is 0.123 e. The van der Waals surface area contributed by atoms with Gasteiger partial charge in [0.15, 0.2) is 0 Å². The first-order chi connectivity index (χ1) is 11.8. The molecule has 4 heteroatoms. The van der Waals surface area contributed by atoms with Crippen molar-refractivity contribution >= 4 is 17.1 Å². The van der Waals surface area contributed by atoms with Gasteiger partial charge in [-0.15, -0.1) is 0 Å². The fraction of sp³-hybridized carbons (Fsp3) is 0.200. The molecule has 1 N–H and O–H groups in total. The Balaban J connectivity index is 1.87. The summed E-state index contributed by atoms with van der Waals surface area (Å²) in [5, 5.41) is 13.1. The van der Waals surface area contributed by atoms with E-state index in [1.165, 1.54) is 23.5 Å². The molecular formula is C20H17FN2O. The summed E-state index contributed by atoms with van der Waals surface area (Å²) >= 11 is 0. The third kappa shape index (κ3) is 2.58. The predicted molar refractivity (Wildman–Crippen MR) is 92.1 cm³/mol. The number of hydrogen-bond donors (Lipinski definition) is 1. The number of fused-ring (bicyclic) bond motifs is 3. The van der Waals surface area contributed by atoms with Crippen LogP contribution in [0.1, 0.15) is 28.8 Å². The second kappa shape index (κ2) is 6.11. The van der Waals surface area contributed by atoms with Crippen LogP contribution in [0.3, 0.4) is 0 Å². The minimum absolute atomic E-state index is 0.207. The van der Waals surface area contributed by atoms with Crippen molar-refractivity contribution in [3.8, 4) is 0 Å². The molecule has 0 fully saturated rings. The van der Waals surface area contributed by atoms with Gasteiger partial charge in [0.25, 0.3) is 0 Å². The minimum atomic E-state index is -0.207. The molecule has 120 valence electrons. The van der Waals surface area contributed by atoms with Crippen LogP contribution in [0.4, 0.5) is 4.39 Å². The first-order valence-corrected chi connectivity index (χ1v) is 8.03. The predicted octanol–water partition coefficient (Wildman–Crippen LogP) is 4.21. The van der Waals surface area contributed by atoms with Gasteiger partial charge in [-0.1, -0.05) is 23.4 Å². The number of halogens is 1. The van der Waals surface area contributed by atoms with Gasteiger partial charge < -0.3 is 9.77 Å². The summed E-state index contributed by atoms with van der Waals surface area (Å²) in [7, 11) is 0. The van der Waals surface area contributed by atoms with E-state index in [1.807, 2.05) is 24.3 Å². The highest BCUT2D eigenvalue weighted by Gasteiger charge is 2.20. The van der Waals surface area contributed by atoms with Gasteiger partial charge in [-0.3, -0.25) is 0 Å². The fourth-order valence-electron chi connectivity index (χ4n) is 3.54. The van der Waals surface area contributed by atoms with Crippen molar-refractivity contribution in [2.45, 2.75) is 25.8 Å². The molecular weight excluding hydrogens is 303 g/mol. The van der Waals surface area contributed by atoms with E-state index in [0.717, 1.165) is 41.3 Å². The lowest BCUT2D eigenvalue weighted by atomic mass is 9.95. The van der Waals surface area contributed by atoms with Gasteiger partial charge in [0, 0.05) is 23.1 Å². The summed E-state index contributed by atoms with van der Waals surface area (Å²) in [6, 6.07) is 12.8. The zero-order valence-electron chi connectivity index (χ0n) is 13.2. The van der Waals surface area contributed by atoms with Gasteiger partial charge in [0.05, 0.1) is 6.21 Å². The lowest BCUT2D eigenvalue weighted by Crippen LogP contribution is -2.09. The molecule has 24 heavy (non-hydrogen) atoms. The van der Waals surface area contributed by atoms with E-state index < -0.39 is 0 Å². The van der Waals surface area contributed by atoms with E-state index in [4.69, 9.17) is 5.21 Å². The Morgan fingerprint density at radius 1 is 1.25 bits per heavy atom. The number of oxime groups is 1. The van der Waals surface area contributed by atoms with Gasteiger partial charge in [0.2, 0.25) is 0 Å². The Kier molecular flexibility index (Phi) is 3.81. The van der Waals surface area contributed by atoms with Crippen molar-refractivity contribution in [3.05, 3.63) is 77.1 Å². The molecule has 0 aliphatic heterocycles. The van der Waals surface area contributed by atoms with E-state index in [2.05, 4.69) is 16.1 Å². The van der Waals surface area contributed by atoms with Crippen LogP contribution in [0.25, 0.3) is 10.9 Å². The number of hydrogen-bond acceptors (Lipinski definition) is 2. The van der Waals surface area contributed by atoms with Crippen molar-refractivity contribution in [2.24, 2.45) is 5.16 Å². The first kappa shape index (κ1) is 14.9. The first-order valence-electron chi connectivity index (χ1n) is 8.03. The van der Waals surface area contributed by atoms with Crippen molar-refractivity contribution in [1.29, 1.82) is 0 Å². The molecule has 0 atom stereocenters. The van der Waals surface area contributed by atoms with Gasteiger partial charge >= 0.3 is 0 Å². The van der Waals surface area contributed by atoms with Crippen LogP contribution >= 0.6 is 0 Å². The van der Waals surface area contributed by atoms with Gasteiger partial charge in [0.1, 0.15) is 5.82 Å². The van der Waals surface area contributed by atoms with E-state index in [1.54, 1.807) is 12.1 Å². The largest absolute Gasteiger partial charge is 0.411 e. The van der Waals surface area contributed by atoms with Gasteiger partial charge in [-0.25, -0.2) is 4.39 Å². The van der Waals surface area contributed by atoms with Gasteiger partial charge in [-0.2, -0.15) is 0 Å². The standard InChI is InChI=1S/C20H17FN2O/c21-16-5-3-4-15(10-16)13-23-19-7-2-1-6-17(19)18-11-14(12-22-24)8-9-20(18)23/h3-5,8-12,24H,2,6-7,13H2. The molecule has 1 aliphatic carbocycles. The van der Waals surface area contributed by atoms with E-state index in [-0.39, 0.29) is 5.82 Å². The van der Waals surface area contributed by atoms with Crippen LogP contribution in [-0.2, 0) is 19.4 Å². The summed E-state index contributed by atoms with van der Waals surface area (Å²) in [6.45, 7) is 0.650. The summed E-state index contributed by atoms with van der Waals surface area (Å²) < 4.78 is 15.8. The highest BCUT2D eigenvalue weighted by molar-refractivity contribution is 5.92. The fourth-order valence-corrected chi connectivity index (χ4v) is 3.54. The van der Waals surface area contributed by atoms with Crippen LogP contribution in [0.2, 0.25) is 0 Å². The van der Waals surface area contributed by atoms with Crippen LogP contribution < -0.4 is 0 Å². The molecule has 2 radical (unpaired) electrons. The molecule has 0 spiro atoms. The third-order valence-corrected chi connectivity index (χ3v) is 4.59. The number of nitrogens with zero attached hydrogens (tertiary/aromatic N) is 2. The quantitative estimate of drug-likeness (QED) is 0.438. The van der Waals surface area contributed by atoms with E-state index in [0.29, 0.717) is 6.54 Å². The number of rotatable bonds is 3. The van der Waals surface area contributed by atoms with Crippen LogP contribution in [-0.4, -0.2) is 16.0 Å². The molecule has 1 aromatic heterocycles. The molecule has 0 bridgehead atoms. The lowest BCUT2D eigenvalue weighted by Gasteiger charge is -2.15. The topological polar surface area (TPSA) is 37.5 Å². The van der Waals surface area contributed by atoms with Crippen molar-refractivity contribution in [1.82, 2.24) is 4.57 Å². The summed E-state index contributed by atoms with van der Waals surface area (Å²) in [6.07, 6.45) is 7.56. The average Bonchev–Trinajstić information content (AvgIpc) is 2.89. The molecule has 3 nitrogen and oxygen atoms in total. The maximum absolute atomic E-state index is 13.5. The number of benzene rings is 2. The maximum atomic E-state index is 13.5. The molecule has 4 rings (SSSR count). The van der Waals surface area contributed by atoms with Crippen LogP contribution in [0.15, 0.2) is 47.6 Å². The highest BCUT2D eigenvalue weighted by Crippen LogP contribution is 2.33. The molecule has 1 heterocycles. The smallest absolute Gasteiger partial charge is 0.123 e. The second-order valence-corrected chi connectivity index (χ2v) is 6.09. The van der Waals surface area contributed by atoms with Crippen LogP contribution in [0, 0.1) is 12.2 Å². The van der Waals surface area contributed by atoms with Crippen molar-refractivity contribution in [2.75, 3.05) is 0 Å². The molecule has 3 aromatic rings. The number of aromatic nitrogens is 1. The highest BCUT2D eigenvalue weighted by atomic mass is 19.1. The Morgan fingerprint density at radius 2 is 2.17 bits per heavy atom. The lowest BCUT2D eigenvalue weighted by molar-refractivity contribution is 0.322. The Bertz CT molecular complexity index is 927. The molecule has 0 saturated heterocycles. The second-order valence-electron chi connectivity index (χ2n) is 6.09. The normalized spacial score (nSPS) is 14.4. The zero-order chi connectivity index (χ0) is 16.5. The molecule has 0 amide bonds. The molecule has 0 unspecified atom stereocenters. The van der Waals surface area contributed by atoms with Crippen LogP contribution in [0.5, 0.6) is 0 Å². The van der Waals surface area contributed by atoms with Crippen molar-refractivity contribution < 1.29 is 9.60 Å². The summed E-state index contributed by atoms with van der Waals surface area (Å²) in [5.74, 6) is -0.207. The van der Waals surface area contributed by atoms with E-state index in [9.17, 15) is 4.39 Å². The minimum Gasteiger partial charge on any atom is -0.411 e. The molecule has 0 saturated carbocycles. The SMILES string of the molecule is ON=Cc1ccc2c(c1)c1c(n2Cc2cccc(F)c2)CC[C]C1. The van der Waals surface area contributed by atoms with E-state index >= 15 is 0 Å². The monoisotopic (exact) mass is 320 g/mol. The Labute approximate surface area is 140 Å². The van der Waals surface area contributed by atoms with Crippen molar-refractivity contribution in [3.63, 3.8) is 0 Å². The Morgan fingerprint density at radius 3 is 3.00 bits per heavy atom. The third-order valence-electron chi connectivity index (χ3n) is 4.59.